The Hall–Kier alpha value is -1.55. The topological polar surface area (TPSA) is 29.5 Å². The van der Waals surface area contributed by atoms with E-state index in [0.29, 0.717) is 5.56 Å². The SMILES string of the molecule is Cc1ccc(C(=O)OC2CCN(Cc3cccc(Cl)c3)CC2)cc1.Cl. The van der Waals surface area contributed by atoms with Crippen LogP contribution in [0.2, 0.25) is 5.02 Å². The van der Waals surface area contributed by atoms with Crippen LogP contribution in [0, 0.1) is 6.92 Å². The van der Waals surface area contributed by atoms with Crippen molar-refractivity contribution in [2.24, 2.45) is 0 Å². The van der Waals surface area contributed by atoms with Gasteiger partial charge < -0.3 is 4.74 Å². The number of halogens is 2. The van der Waals surface area contributed by atoms with Gasteiger partial charge in [0.05, 0.1) is 5.56 Å². The summed E-state index contributed by atoms with van der Waals surface area (Å²) in [6.07, 6.45) is 1.76. The summed E-state index contributed by atoms with van der Waals surface area (Å²) in [5.74, 6) is -0.219. The molecular weight excluding hydrogens is 357 g/mol. The van der Waals surface area contributed by atoms with Crippen LogP contribution >= 0.6 is 24.0 Å². The molecule has 5 heteroatoms. The number of likely N-dealkylation sites (tertiary alicyclic amines) is 1. The highest BCUT2D eigenvalue weighted by Gasteiger charge is 2.22. The number of piperidine rings is 1. The maximum atomic E-state index is 12.2. The molecule has 0 radical (unpaired) electrons. The summed E-state index contributed by atoms with van der Waals surface area (Å²) in [6, 6.07) is 15.5. The molecule has 0 spiro atoms. The van der Waals surface area contributed by atoms with Gasteiger partial charge in [0.25, 0.3) is 0 Å². The van der Waals surface area contributed by atoms with Crippen molar-refractivity contribution < 1.29 is 9.53 Å². The smallest absolute Gasteiger partial charge is 0.338 e. The van der Waals surface area contributed by atoms with E-state index in [1.807, 2.05) is 49.4 Å². The first kappa shape index (κ1) is 19.8. The Kier molecular flexibility index (Phi) is 7.30. The lowest BCUT2D eigenvalue weighted by atomic mass is 10.1. The fourth-order valence-corrected chi connectivity index (χ4v) is 3.20. The number of hydrogen-bond acceptors (Lipinski definition) is 3. The van der Waals surface area contributed by atoms with Crippen molar-refractivity contribution in [3.05, 3.63) is 70.2 Å². The molecule has 0 aliphatic carbocycles. The number of nitrogens with zero attached hydrogens (tertiary/aromatic N) is 1. The van der Waals surface area contributed by atoms with Crippen molar-refractivity contribution in [3.63, 3.8) is 0 Å². The summed E-state index contributed by atoms with van der Waals surface area (Å²) in [4.78, 5) is 14.6. The largest absolute Gasteiger partial charge is 0.459 e. The summed E-state index contributed by atoms with van der Waals surface area (Å²) in [5.41, 5.74) is 2.99. The number of esters is 1. The molecule has 2 aromatic carbocycles. The Morgan fingerprint density at radius 1 is 1.16 bits per heavy atom. The van der Waals surface area contributed by atoms with Crippen LogP contribution in [0.4, 0.5) is 0 Å². The predicted molar refractivity (Wildman–Crippen MR) is 104 cm³/mol. The van der Waals surface area contributed by atoms with Crippen molar-refractivity contribution in [3.8, 4) is 0 Å². The standard InChI is InChI=1S/C20H22ClNO2.ClH/c1-15-5-7-17(8-6-15)20(23)24-19-9-11-22(12-10-19)14-16-3-2-4-18(21)13-16;/h2-8,13,19H,9-12,14H2,1H3;1H. The molecular formula is C20H23Cl2NO2. The molecule has 134 valence electrons. The van der Waals surface area contributed by atoms with E-state index in [0.717, 1.165) is 43.1 Å². The summed E-state index contributed by atoms with van der Waals surface area (Å²) >= 11 is 6.03. The van der Waals surface area contributed by atoms with Crippen LogP contribution in [0.15, 0.2) is 48.5 Å². The number of benzene rings is 2. The minimum atomic E-state index is -0.219. The molecule has 3 nitrogen and oxygen atoms in total. The van der Waals surface area contributed by atoms with E-state index < -0.39 is 0 Å². The van der Waals surface area contributed by atoms with Crippen LogP contribution in [-0.4, -0.2) is 30.1 Å². The zero-order valence-corrected chi connectivity index (χ0v) is 15.9. The lowest BCUT2D eigenvalue weighted by Crippen LogP contribution is -2.37. The van der Waals surface area contributed by atoms with Gasteiger partial charge in [0.15, 0.2) is 0 Å². The van der Waals surface area contributed by atoms with Gasteiger partial charge in [0.2, 0.25) is 0 Å². The van der Waals surface area contributed by atoms with Crippen molar-refractivity contribution in [1.82, 2.24) is 4.90 Å². The summed E-state index contributed by atoms with van der Waals surface area (Å²) in [6.45, 7) is 4.75. The van der Waals surface area contributed by atoms with E-state index in [1.165, 1.54) is 5.56 Å². The Morgan fingerprint density at radius 3 is 2.48 bits per heavy atom. The summed E-state index contributed by atoms with van der Waals surface area (Å²) < 4.78 is 5.65. The fraction of sp³-hybridized carbons (Fsp3) is 0.350. The molecule has 2 aromatic rings. The van der Waals surface area contributed by atoms with Crippen LogP contribution in [0.1, 0.15) is 34.3 Å². The zero-order chi connectivity index (χ0) is 16.9. The molecule has 0 amide bonds. The number of ether oxygens (including phenoxy) is 1. The van der Waals surface area contributed by atoms with Crippen molar-refractivity contribution in [1.29, 1.82) is 0 Å². The first-order valence-corrected chi connectivity index (χ1v) is 8.72. The monoisotopic (exact) mass is 379 g/mol. The molecule has 0 aromatic heterocycles. The molecule has 1 heterocycles. The first-order chi connectivity index (χ1) is 11.6. The molecule has 0 saturated carbocycles. The second-order valence-electron chi connectivity index (χ2n) is 6.38. The second kappa shape index (κ2) is 9.23. The Balaban J connectivity index is 0.00000225. The van der Waals surface area contributed by atoms with E-state index in [1.54, 1.807) is 0 Å². The predicted octanol–water partition coefficient (Wildman–Crippen LogP) is 4.89. The molecule has 25 heavy (non-hydrogen) atoms. The molecule has 1 aliphatic heterocycles. The molecule has 3 rings (SSSR count). The number of carbonyl (C=O) groups is 1. The van der Waals surface area contributed by atoms with E-state index in [-0.39, 0.29) is 24.5 Å². The van der Waals surface area contributed by atoms with E-state index in [4.69, 9.17) is 16.3 Å². The van der Waals surface area contributed by atoms with E-state index in [2.05, 4.69) is 11.0 Å². The van der Waals surface area contributed by atoms with E-state index >= 15 is 0 Å². The van der Waals surface area contributed by atoms with Gasteiger partial charge >= 0.3 is 5.97 Å². The van der Waals surface area contributed by atoms with Gasteiger partial charge in [-0.25, -0.2) is 4.79 Å². The Bertz CT molecular complexity index is 695. The third-order valence-corrected chi connectivity index (χ3v) is 4.63. The minimum Gasteiger partial charge on any atom is -0.459 e. The highest BCUT2D eigenvalue weighted by molar-refractivity contribution is 6.30. The number of aryl methyl sites for hydroxylation is 1. The molecule has 0 atom stereocenters. The third-order valence-electron chi connectivity index (χ3n) is 4.39. The second-order valence-corrected chi connectivity index (χ2v) is 6.81. The van der Waals surface area contributed by atoms with Crippen molar-refractivity contribution in [2.75, 3.05) is 13.1 Å². The molecule has 1 fully saturated rings. The van der Waals surface area contributed by atoms with Crippen LogP contribution in [0.25, 0.3) is 0 Å². The summed E-state index contributed by atoms with van der Waals surface area (Å²) in [7, 11) is 0. The van der Waals surface area contributed by atoms with Crippen LogP contribution in [0.3, 0.4) is 0 Å². The minimum absolute atomic E-state index is 0. The number of carbonyl (C=O) groups excluding carboxylic acids is 1. The molecule has 1 aliphatic rings. The van der Waals surface area contributed by atoms with Gasteiger partial charge in [-0.05, 0) is 49.6 Å². The van der Waals surface area contributed by atoms with Crippen molar-refractivity contribution in [2.45, 2.75) is 32.4 Å². The third kappa shape index (κ3) is 5.74. The van der Waals surface area contributed by atoms with E-state index in [9.17, 15) is 4.79 Å². The zero-order valence-electron chi connectivity index (χ0n) is 14.3. The fourth-order valence-electron chi connectivity index (χ4n) is 2.99. The summed E-state index contributed by atoms with van der Waals surface area (Å²) in [5, 5.41) is 0.773. The average molecular weight is 380 g/mol. The maximum Gasteiger partial charge on any atom is 0.338 e. The lowest BCUT2D eigenvalue weighted by Gasteiger charge is -2.31. The first-order valence-electron chi connectivity index (χ1n) is 8.34. The average Bonchev–Trinajstić information content (AvgIpc) is 2.57. The van der Waals surface area contributed by atoms with Gasteiger partial charge in [-0.15, -0.1) is 12.4 Å². The van der Waals surface area contributed by atoms with Gasteiger partial charge in [-0.2, -0.15) is 0 Å². The maximum absolute atomic E-state index is 12.2. The van der Waals surface area contributed by atoms with Crippen LogP contribution < -0.4 is 0 Å². The van der Waals surface area contributed by atoms with Crippen LogP contribution in [0.5, 0.6) is 0 Å². The molecule has 0 N–H and O–H groups in total. The number of rotatable bonds is 4. The highest BCUT2D eigenvalue weighted by Crippen LogP contribution is 2.19. The van der Waals surface area contributed by atoms with Gasteiger partial charge in [0, 0.05) is 24.7 Å². The highest BCUT2D eigenvalue weighted by atomic mass is 35.5. The quantitative estimate of drug-likeness (QED) is 0.708. The van der Waals surface area contributed by atoms with Gasteiger partial charge in [0.1, 0.15) is 6.10 Å². The van der Waals surface area contributed by atoms with Crippen LogP contribution in [-0.2, 0) is 11.3 Å². The molecule has 0 bridgehead atoms. The number of hydrogen-bond donors (Lipinski definition) is 0. The van der Waals surface area contributed by atoms with Crippen molar-refractivity contribution >= 4 is 30.0 Å². The Labute approximate surface area is 160 Å². The lowest BCUT2D eigenvalue weighted by molar-refractivity contribution is 0.0104. The van der Waals surface area contributed by atoms with Gasteiger partial charge in [-0.3, -0.25) is 4.90 Å². The normalized spacial score (nSPS) is 15.4. The molecule has 1 saturated heterocycles. The van der Waals surface area contributed by atoms with Gasteiger partial charge in [-0.1, -0.05) is 41.4 Å². The Morgan fingerprint density at radius 2 is 1.84 bits per heavy atom. The molecule has 0 unspecified atom stereocenters.